The summed E-state index contributed by atoms with van der Waals surface area (Å²) in [5.41, 5.74) is 0. The Bertz CT molecular complexity index is 656. The van der Waals surface area contributed by atoms with Gasteiger partial charge in [0, 0.05) is 86.9 Å². The second-order valence-corrected chi connectivity index (χ2v) is 3.63. The molecule has 240 valence electrons. The fourth-order valence-electron chi connectivity index (χ4n) is 0. The van der Waals surface area contributed by atoms with E-state index in [0.717, 1.165) is 0 Å². The van der Waals surface area contributed by atoms with Crippen LogP contribution in [0, 0.1) is 0 Å². The number of aliphatic carboxylic acids is 12. The van der Waals surface area contributed by atoms with Crippen molar-refractivity contribution in [3.05, 3.63) is 0 Å². The van der Waals surface area contributed by atoms with Crippen molar-refractivity contribution in [2.75, 3.05) is 0 Å². The molecular weight excluding hydrogens is 846 g/mol. The van der Waals surface area contributed by atoms with Crippen molar-refractivity contribution in [1.82, 2.24) is 0 Å². The summed E-state index contributed by atoms with van der Waals surface area (Å²) in [6, 6.07) is 0. The van der Waals surface area contributed by atoms with Gasteiger partial charge in [-0.15, -0.1) is 0 Å². The Hall–Kier alpha value is -2.93. The van der Waals surface area contributed by atoms with Crippen LogP contribution >= 0.6 is 0 Å². The van der Waals surface area contributed by atoms with Crippen LogP contribution in [-0.2, 0) is 144 Å². The van der Waals surface area contributed by atoms with Gasteiger partial charge in [0.05, 0.1) is 11.9 Å². The summed E-state index contributed by atoms with van der Waals surface area (Å²) in [4.78, 5) is 109. The molecule has 0 amide bonds. The van der Waals surface area contributed by atoms with Crippen LogP contribution in [0.1, 0.15) is 0 Å². The van der Waals surface area contributed by atoms with Crippen molar-refractivity contribution in [2.45, 2.75) is 0 Å². The molecule has 0 fully saturated rings. The van der Waals surface area contributed by atoms with Crippen LogP contribution in [0.2, 0.25) is 0 Å². The van der Waals surface area contributed by atoms with Crippen molar-refractivity contribution in [2.24, 2.45) is 0 Å². The van der Waals surface area contributed by atoms with E-state index in [2.05, 4.69) is 0 Å². The minimum Gasteiger partial charge on any atom is -0.543 e. The van der Waals surface area contributed by atoms with E-state index in [-0.39, 0.29) is 110 Å². The minimum absolute atomic E-state index is 0. The molecule has 0 aliphatic rings. The molecule has 0 saturated carbocycles. The van der Waals surface area contributed by atoms with Crippen LogP contribution in [0.4, 0.5) is 0 Å². The summed E-state index contributed by atoms with van der Waals surface area (Å²) in [6.45, 7) is 0. The molecular formula is C12H10CoFeMgMnNiO24Zn. The summed E-state index contributed by atoms with van der Waals surface area (Å²) in [6.07, 6.45) is 0. The number of carbonyl (C=O) groups excluding carboxylic acids is 2. The van der Waals surface area contributed by atoms with E-state index < -0.39 is 71.6 Å². The minimum atomic E-state index is -2.19. The number of carboxylic acid groups (broad SMARTS) is 12. The molecule has 42 heavy (non-hydrogen) atoms. The average Bonchev–Trinajstić information content (AvgIpc) is 2.69. The van der Waals surface area contributed by atoms with Crippen LogP contribution < -0.4 is 10.2 Å². The van der Waals surface area contributed by atoms with E-state index in [1.807, 2.05) is 0 Å². The van der Waals surface area contributed by atoms with Gasteiger partial charge in [0.15, 0.2) is 0 Å². The fraction of sp³-hybridized carbons (Fsp3) is 0. The van der Waals surface area contributed by atoms with Gasteiger partial charge in [0.1, 0.15) is 0 Å². The number of rotatable bonds is 0. The second kappa shape index (κ2) is 47.8. The van der Waals surface area contributed by atoms with Gasteiger partial charge in [-0.25, -0.2) is 47.9 Å². The maximum atomic E-state index is 9.10. The first kappa shape index (κ1) is 77.3. The Morgan fingerprint density at radius 1 is 0.357 bits per heavy atom. The van der Waals surface area contributed by atoms with Crippen LogP contribution in [0.5, 0.6) is 0 Å². The standard InChI is InChI=1S/6C2H2O4.Co.Fe.Mg.Mn.Ni.Zn/c6*3-1(4)2(5)6;;;;;;/h6*(H,3,4)(H,5,6);;;;;;/q;;;;;;;;+2;;;/p-2. The molecule has 0 heterocycles. The van der Waals surface area contributed by atoms with Crippen molar-refractivity contribution >= 4 is 94.7 Å². The smallest absolute Gasteiger partial charge is 0.543 e. The summed E-state index contributed by atoms with van der Waals surface area (Å²) in [5, 5.41) is 91.8. The van der Waals surface area contributed by atoms with E-state index in [0.29, 0.717) is 0 Å². The molecule has 2 radical (unpaired) electrons. The zero-order chi connectivity index (χ0) is 30.9. The molecule has 0 aliphatic carbocycles. The average molecular weight is 856 g/mol. The Morgan fingerprint density at radius 2 is 0.405 bits per heavy atom. The van der Waals surface area contributed by atoms with E-state index >= 15 is 0 Å². The first-order valence-corrected chi connectivity index (χ1v) is 6.59. The largest absolute Gasteiger partial charge is 2.00 e. The monoisotopic (exact) mass is 854 g/mol. The quantitative estimate of drug-likeness (QED) is 0.0799. The Kier molecular flexibility index (Phi) is 88.0. The molecule has 0 aromatic heterocycles. The van der Waals surface area contributed by atoms with Gasteiger partial charge in [-0.3, -0.25) is 0 Å². The zero-order valence-corrected chi connectivity index (χ0v) is 27.7. The molecule has 0 aromatic carbocycles. The first-order chi connectivity index (χ1) is 15.9. The van der Waals surface area contributed by atoms with Gasteiger partial charge in [-0.05, 0) is 0 Å². The predicted molar refractivity (Wildman–Crippen MR) is 92.1 cm³/mol. The van der Waals surface area contributed by atoms with Gasteiger partial charge in [-0.1, -0.05) is 0 Å². The molecule has 0 atom stereocenters. The molecule has 0 aromatic rings. The normalized spacial score (nSPS) is 6.29. The molecule has 0 saturated heterocycles. The van der Waals surface area contributed by atoms with Crippen LogP contribution in [0.15, 0.2) is 0 Å². The molecule has 0 bridgehead atoms. The topological polar surface area (TPSA) is 453 Å². The number of hydrogen-bond acceptors (Lipinski definition) is 14. The van der Waals surface area contributed by atoms with Crippen molar-refractivity contribution in [3.63, 3.8) is 0 Å². The van der Waals surface area contributed by atoms with Crippen LogP contribution in [0.25, 0.3) is 0 Å². The molecule has 30 heteroatoms. The van der Waals surface area contributed by atoms with Gasteiger partial charge in [-0.2, -0.15) is 0 Å². The molecule has 0 rings (SSSR count). The Labute approximate surface area is 298 Å². The number of carboxylic acids is 12. The van der Waals surface area contributed by atoms with Gasteiger partial charge < -0.3 is 70.9 Å². The summed E-state index contributed by atoms with van der Waals surface area (Å²) in [7, 11) is 0. The van der Waals surface area contributed by atoms with E-state index in [4.69, 9.17) is 119 Å². The summed E-state index contributed by atoms with van der Waals surface area (Å²) >= 11 is 0. The van der Waals surface area contributed by atoms with E-state index in [9.17, 15) is 0 Å². The Balaban J connectivity index is -0.0000000250. The van der Waals surface area contributed by atoms with Gasteiger partial charge in [0.2, 0.25) is 0 Å². The van der Waals surface area contributed by atoms with Gasteiger partial charge in [0.25, 0.3) is 0 Å². The molecule has 0 unspecified atom stereocenters. The van der Waals surface area contributed by atoms with E-state index in [1.54, 1.807) is 0 Å². The molecule has 24 nitrogen and oxygen atoms in total. The maximum Gasteiger partial charge on any atom is 2.00 e. The summed E-state index contributed by atoms with van der Waals surface area (Å²) in [5.74, 6) is -22.6. The molecule has 0 spiro atoms. The number of carbonyl (C=O) groups is 12. The van der Waals surface area contributed by atoms with Crippen molar-refractivity contribution < 1.29 is 206 Å². The summed E-state index contributed by atoms with van der Waals surface area (Å²) < 4.78 is 0. The molecule has 10 N–H and O–H groups in total. The number of hydrogen-bond donors (Lipinski definition) is 10. The predicted octanol–water partition coefficient (Wildman–Crippen LogP) is -8.13. The second-order valence-electron chi connectivity index (χ2n) is 3.63. The zero-order valence-electron chi connectivity index (χ0n) is 19.0. The fourth-order valence-corrected chi connectivity index (χ4v) is 0. The van der Waals surface area contributed by atoms with Crippen molar-refractivity contribution in [1.29, 1.82) is 0 Å². The van der Waals surface area contributed by atoms with Crippen LogP contribution in [-0.4, -0.2) is 146 Å². The third kappa shape index (κ3) is 109. The first-order valence-electron chi connectivity index (χ1n) is 6.59. The van der Waals surface area contributed by atoms with Crippen LogP contribution in [0.3, 0.4) is 0 Å². The van der Waals surface area contributed by atoms with E-state index in [1.165, 1.54) is 0 Å². The third-order valence-electron chi connectivity index (χ3n) is 1.08. The van der Waals surface area contributed by atoms with Crippen molar-refractivity contribution in [3.8, 4) is 0 Å². The SMILES string of the molecule is O=C(O)C(=O)O.O=C(O)C(=O)O.O=C(O)C(=O)O.O=C(O)C(=O)O.O=C(O)C(=O)O.O=C([O-])C(=O)[O-].[Co].[Fe].[Mg+2].[Mn].[Ni].[Zn]. The molecule has 0 aliphatic heterocycles. The maximum absolute atomic E-state index is 9.10. The van der Waals surface area contributed by atoms with Gasteiger partial charge >= 0.3 is 82.7 Å². The third-order valence-corrected chi connectivity index (χ3v) is 1.08. The Morgan fingerprint density at radius 3 is 0.405 bits per heavy atom.